The van der Waals surface area contributed by atoms with E-state index in [0.717, 1.165) is 63.4 Å². The standard InChI is InChI=1S/C19H24N2O3S/c20-12-14-13-6-2-3-7-15(13)25-18(14)21-16(22)10-19(11-17(23)24)8-4-1-5-9-19/h1-11H2,(H,21,22)(H,23,24). The molecule has 5 nitrogen and oxygen atoms in total. The smallest absolute Gasteiger partial charge is 0.303 e. The SMILES string of the molecule is N#Cc1c(NC(=O)CC2(CC(=O)O)CCCCC2)sc2c1CCCC2. The molecule has 1 aromatic heterocycles. The van der Waals surface area contributed by atoms with Gasteiger partial charge in [-0.15, -0.1) is 11.3 Å². The number of hydrogen-bond acceptors (Lipinski definition) is 4. The number of nitrogens with zero attached hydrogens (tertiary/aromatic N) is 1. The molecule has 1 amide bonds. The Morgan fingerprint density at radius 1 is 1.12 bits per heavy atom. The molecule has 1 fully saturated rings. The van der Waals surface area contributed by atoms with Crippen LogP contribution in [-0.4, -0.2) is 17.0 Å². The topological polar surface area (TPSA) is 90.2 Å². The van der Waals surface area contributed by atoms with Gasteiger partial charge in [0.15, 0.2) is 0 Å². The molecule has 0 atom stereocenters. The monoisotopic (exact) mass is 360 g/mol. The molecule has 1 saturated carbocycles. The van der Waals surface area contributed by atoms with Crippen LogP contribution in [0.2, 0.25) is 0 Å². The second kappa shape index (κ2) is 7.57. The molecule has 0 aliphatic heterocycles. The van der Waals surface area contributed by atoms with Gasteiger partial charge in [0, 0.05) is 11.3 Å². The van der Waals surface area contributed by atoms with Crippen molar-refractivity contribution in [2.45, 2.75) is 70.6 Å². The molecular weight excluding hydrogens is 336 g/mol. The fraction of sp³-hybridized carbons (Fsp3) is 0.632. The number of carbonyl (C=O) groups is 2. The highest BCUT2D eigenvalue weighted by Gasteiger charge is 2.36. The second-order valence-corrected chi connectivity index (χ2v) is 8.49. The summed E-state index contributed by atoms with van der Waals surface area (Å²) in [5, 5.41) is 22.3. The normalized spacial score (nSPS) is 18.8. The number of nitriles is 1. The van der Waals surface area contributed by atoms with Crippen LogP contribution in [0.15, 0.2) is 0 Å². The predicted octanol–water partition coefficient (Wildman–Crippen LogP) is 4.25. The van der Waals surface area contributed by atoms with Gasteiger partial charge in [-0.2, -0.15) is 5.26 Å². The first kappa shape index (κ1) is 17.9. The summed E-state index contributed by atoms with van der Waals surface area (Å²) < 4.78 is 0. The first-order valence-electron chi connectivity index (χ1n) is 9.09. The van der Waals surface area contributed by atoms with Crippen LogP contribution in [0.5, 0.6) is 0 Å². The van der Waals surface area contributed by atoms with Crippen molar-refractivity contribution in [3.63, 3.8) is 0 Å². The molecule has 25 heavy (non-hydrogen) atoms. The third-order valence-corrected chi connectivity index (χ3v) is 6.72. The van der Waals surface area contributed by atoms with Crippen molar-refractivity contribution in [3.8, 4) is 6.07 Å². The van der Waals surface area contributed by atoms with Crippen LogP contribution in [0.25, 0.3) is 0 Å². The van der Waals surface area contributed by atoms with Crippen LogP contribution >= 0.6 is 11.3 Å². The van der Waals surface area contributed by atoms with E-state index >= 15 is 0 Å². The van der Waals surface area contributed by atoms with E-state index in [4.69, 9.17) is 0 Å². The molecule has 2 aliphatic carbocycles. The molecule has 0 unspecified atom stereocenters. The number of thiophene rings is 1. The van der Waals surface area contributed by atoms with E-state index in [1.54, 1.807) is 0 Å². The maximum atomic E-state index is 12.6. The number of rotatable bonds is 5. The molecule has 2 aliphatic rings. The number of aliphatic carboxylic acids is 1. The van der Waals surface area contributed by atoms with Gasteiger partial charge in [-0.25, -0.2) is 0 Å². The number of carbonyl (C=O) groups excluding carboxylic acids is 1. The highest BCUT2D eigenvalue weighted by Crippen LogP contribution is 2.43. The average Bonchev–Trinajstić information content (AvgIpc) is 2.91. The van der Waals surface area contributed by atoms with Gasteiger partial charge in [0.2, 0.25) is 5.91 Å². The average molecular weight is 360 g/mol. The molecule has 6 heteroatoms. The minimum Gasteiger partial charge on any atom is -0.481 e. The number of anilines is 1. The lowest BCUT2D eigenvalue weighted by Gasteiger charge is -2.35. The van der Waals surface area contributed by atoms with Gasteiger partial charge in [0.25, 0.3) is 0 Å². The van der Waals surface area contributed by atoms with E-state index in [1.165, 1.54) is 16.2 Å². The van der Waals surface area contributed by atoms with Gasteiger partial charge in [-0.05, 0) is 49.5 Å². The quantitative estimate of drug-likeness (QED) is 0.821. The van der Waals surface area contributed by atoms with E-state index in [1.807, 2.05) is 0 Å². The summed E-state index contributed by atoms with van der Waals surface area (Å²) in [6.45, 7) is 0. The van der Waals surface area contributed by atoms with Crippen molar-refractivity contribution < 1.29 is 14.7 Å². The molecule has 1 aromatic rings. The molecule has 0 bridgehead atoms. The lowest BCUT2D eigenvalue weighted by Crippen LogP contribution is -2.32. The van der Waals surface area contributed by atoms with Crippen molar-refractivity contribution in [2.75, 3.05) is 5.32 Å². The zero-order valence-corrected chi connectivity index (χ0v) is 15.2. The largest absolute Gasteiger partial charge is 0.481 e. The van der Waals surface area contributed by atoms with Crippen molar-refractivity contribution in [3.05, 3.63) is 16.0 Å². The first-order chi connectivity index (χ1) is 12.0. The molecule has 0 spiro atoms. The predicted molar refractivity (Wildman–Crippen MR) is 96.7 cm³/mol. The molecule has 134 valence electrons. The summed E-state index contributed by atoms with van der Waals surface area (Å²) in [4.78, 5) is 25.1. The Bertz CT molecular complexity index is 711. The summed E-state index contributed by atoms with van der Waals surface area (Å²) in [5.41, 5.74) is 1.29. The Balaban J connectivity index is 1.74. The number of aryl methyl sites for hydroxylation is 1. The molecule has 1 heterocycles. The van der Waals surface area contributed by atoms with Crippen LogP contribution in [0.3, 0.4) is 0 Å². The molecule has 0 saturated heterocycles. The summed E-state index contributed by atoms with van der Waals surface area (Å²) in [6.07, 6.45) is 9.05. The zero-order chi connectivity index (χ0) is 17.9. The van der Waals surface area contributed by atoms with Gasteiger partial charge >= 0.3 is 5.97 Å². The lowest BCUT2D eigenvalue weighted by atomic mass is 9.69. The third kappa shape index (κ3) is 4.04. The minimum absolute atomic E-state index is 0.0481. The molecule has 2 N–H and O–H groups in total. The Kier molecular flexibility index (Phi) is 5.43. The second-order valence-electron chi connectivity index (χ2n) is 7.38. The molecular formula is C19H24N2O3S. The van der Waals surface area contributed by atoms with Crippen molar-refractivity contribution >= 4 is 28.2 Å². The van der Waals surface area contributed by atoms with Gasteiger partial charge in [0.1, 0.15) is 11.1 Å². The number of hydrogen-bond donors (Lipinski definition) is 2. The van der Waals surface area contributed by atoms with Crippen LogP contribution in [-0.2, 0) is 22.4 Å². The van der Waals surface area contributed by atoms with Crippen LogP contribution < -0.4 is 5.32 Å². The Labute approximate surface area is 152 Å². The van der Waals surface area contributed by atoms with E-state index < -0.39 is 11.4 Å². The van der Waals surface area contributed by atoms with Crippen LogP contribution in [0, 0.1) is 16.7 Å². The summed E-state index contributed by atoms with van der Waals surface area (Å²) in [5.74, 6) is -0.989. The van der Waals surface area contributed by atoms with Gasteiger partial charge in [0.05, 0.1) is 12.0 Å². The lowest BCUT2D eigenvalue weighted by molar-refractivity contribution is -0.140. The molecule has 0 aromatic carbocycles. The number of carboxylic acids is 1. The maximum Gasteiger partial charge on any atom is 0.303 e. The Hall–Kier alpha value is -1.87. The van der Waals surface area contributed by atoms with E-state index in [2.05, 4.69) is 11.4 Å². The van der Waals surface area contributed by atoms with E-state index in [-0.39, 0.29) is 18.7 Å². The summed E-state index contributed by atoms with van der Waals surface area (Å²) >= 11 is 1.52. The van der Waals surface area contributed by atoms with Crippen LogP contribution in [0.4, 0.5) is 5.00 Å². The third-order valence-electron chi connectivity index (χ3n) is 5.51. The number of nitrogens with one attached hydrogen (secondary N) is 1. The van der Waals surface area contributed by atoms with E-state index in [9.17, 15) is 20.0 Å². The fourth-order valence-corrected chi connectivity index (χ4v) is 5.58. The van der Waals surface area contributed by atoms with E-state index in [0.29, 0.717) is 10.6 Å². The van der Waals surface area contributed by atoms with Gasteiger partial charge in [-0.1, -0.05) is 19.3 Å². The first-order valence-corrected chi connectivity index (χ1v) is 9.91. The molecule has 0 radical (unpaired) electrons. The minimum atomic E-state index is -0.834. The van der Waals surface area contributed by atoms with Gasteiger partial charge in [-0.3, -0.25) is 9.59 Å². The van der Waals surface area contributed by atoms with Crippen molar-refractivity contribution in [2.24, 2.45) is 5.41 Å². The summed E-state index contributed by atoms with van der Waals surface area (Å²) in [6, 6.07) is 2.26. The fourth-order valence-electron chi connectivity index (χ4n) is 4.32. The number of amides is 1. The van der Waals surface area contributed by atoms with Gasteiger partial charge < -0.3 is 10.4 Å². The number of fused-ring (bicyclic) bond motifs is 1. The molecule has 3 rings (SSSR count). The number of carboxylic acid groups (broad SMARTS) is 1. The Morgan fingerprint density at radius 2 is 1.84 bits per heavy atom. The van der Waals surface area contributed by atoms with Crippen molar-refractivity contribution in [1.82, 2.24) is 0 Å². The zero-order valence-electron chi connectivity index (χ0n) is 14.4. The maximum absolute atomic E-state index is 12.6. The van der Waals surface area contributed by atoms with Crippen LogP contribution in [0.1, 0.15) is 73.8 Å². The highest BCUT2D eigenvalue weighted by molar-refractivity contribution is 7.16. The van der Waals surface area contributed by atoms with Crippen molar-refractivity contribution in [1.29, 1.82) is 5.26 Å². The Morgan fingerprint density at radius 3 is 2.52 bits per heavy atom. The summed E-state index contributed by atoms with van der Waals surface area (Å²) in [7, 11) is 0. The highest BCUT2D eigenvalue weighted by atomic mass is 32.1.